The monoisotopic (exact) mass is 465 g/mol. The Hall–Kier alpha value is -3.56. The Bertz CT molecular complexity index is 984. The summed E-state index contributed by atoms with van der Waals surface area (Å²) in [5.74, 6) is -1.11. The second kappa shape index (κ2) is 10.8. The first-order valence-electron chi connectivity index (χ1n) is 10.2. The van der Waals surface area contributed by atoms with E-state index in [0.717, 1.165) is 12.1 Å². The molecule has 10 heteroatoms. The number of alkyl carbamates (subject to hydrolysis) is 1. The number of hydrogen-bond acceptors (Lipinski definition) is 4. The number of hydrazine groups is 1. The highest BCUT2D eigenvalue weighted by Gasteiger charge is 2.30. The molecule has 0 aliphatic heterocycles. The summed E-state index contributed by atoms with van der Waals surface area (Å²) in [7, 11) is 0. The predicted molar refractivity (Wildman–Crippen MR) is 115 cm³/mol. The van der Waals surface area contributed by atoms with E-state index < -0.39 is 35.2 Å². The molecular formula is C23H26F3N3O4. The van der Waals surface area contributed by atoms with Gasteiger partial charge in [0.2, 0.25) is 5.91 Å². The fourth-order valence-electron chi connectivity index (χ4n) is 2.78. The third-order valence-electron chi connectivity index (χ3n) is 4.27. The van der Waals surface area contributed by atoms with Gasteiger partial charge in [0.25, 0.3) is 5.91 Å². The van der Waals surface area contributed by atoms with Crippen LogP contribution in [-0.4, -0.2) is 30.1 Å². The molecule has 0 radical (unpaired) electrons. The molecule has 178 valence electrons. The number of alkyl halides is 3. The standard InChI is InChI=1S/C23H26F3N3O4/c1-22(2,3)33-21(32)27-13-12-19(30)28-29-20(31)18-7-5-4-6-16(18)14-15-8-10-17(11-9-15)23(24,25)26/h4-11H,12-14H2,1-3H3,(H,27,32)(H,28,30)(H,29,31). The van der Waals surface area contributed by atoms with E-state index in [9.17, 15) is 27.6 Å². The Labute approximate surface area is 189 Å². The van der Waals surface area contributed by atoms with Gasteiger partial charge in [-0.05, 0) is 56.5 Å². The number of halogens is 3. The van der Waals surface area contributed by atoms with Crippen molar-refractivity contribution < 1.29 is 32.3 Å². The van der Waals surface area contributed by atoms with E-state index in [2.05, 4.69) is 16.2 Å². The van der Waals surface area contributed by atoms with Crippen molar-refractivity contribution in [2.45, 2.75) is 45.4 Å². The molecule has 0 aromatic heterocycles. The van der Waals surface area contributed by atoms with Crippen LogP contribution in [0.4, 0.5) is 18.0 Å². The first-order valence-corrected chi connectivity index (χ1v) is 10.2. The summed E-state index contributed by atoms with van der Waals surface area (Å²) < 4.78 is 43.3. The van der Waals surface area contributed by atoms with E-state index in [0.29, 0.717) is 11.1 Å². The van der Waals surface area contributed by atoms with Crippen LogP contribution in [0.15, 0.2) is 48.5 Å². The summed E-state index contributed by atoms with van der Waals surface area (Å²) in [6.45, 7) is 5.15. The average molecular weight is 465 g/mol. The SMILES string of the molecule is CC(C)(C)OC(=O)NCCC(=O)NNC(=O)c1ccccc1Cc1ccc(C(F)(F)F)cc1. The lowest BCUT2D eigenvalue weighted by atomic mass is 9.98. The maximum absolute atomic E-state index is 12.7. The minimum atomic E-state index is -4.42. The number of carbonyl (C=O) groups is 3. The van der Waals surface area contributed by atoms with Crippen LogP contribution in [0.5, 0.6) is 0 Å². The van der Waals surface area contributed by atoms with Crippen molar-refractivity contribution in [2.75, 3.05) is 6.54 Å². The molecule has 33 heavy (non-hydrogen) atoms. The third-order valence-corrected chi connectivity index (χ3v) is 4.27. The van der Waals surface area contributed by atoms with Gasteiger partial charge in [-0.15, -0.1) is 0 Å². The van der Waals surface area contributed by atoms with Crippen LogP contribution in [0.25, 0.3) is 0 Å². The van der Waals surface area contributed by atoms with Gasteiger partial charge in [-0.1, -0.05) is 30.3 Å². The predicted octanol–water partition coefficient (Wildman–Crippen LogP) is 3.97. The molecule has 0 aliphatic carbocycles. The molecule has 0 saturated carbocycles. The number of nitrogens with one attached hydrogen (secondary N) is 3. The molecular weight excluding hydrogens is 439 g/mol. The van der Waals surface area contributed by atoms with Gasteiger partial charge in [-0.25, -0.2) is 4.79 Å². The summed E-state index contributed by atoms with van der Waals surface area (Å²) >= 11 is 0. The topological polar surface area (TPSA) is 96.5 Å². The van der Waals surface area contributed by atoms with Crippen LogP contribution in [-0.2, 0) is 22.1 Å². The molecule has 2 aromatic rings. The van der Waals surface area contributed by atoms with Crippen molar-refractivity contribution in [2.24, 2.45) is 0 Å². The lowest BCUT2D eigenvalue weighted by Gasteiger charge is -2.19. The third kappa shape index (κ3) is 8.83. The van der Waals surface area contributed by atoms with Crippen LogP contribution < -0.4 is 16.2 Å². The van der Waals surface area contributed by atoms with Gasteiger partial charge in [0, 0.05) is 18.5 Å². The van der Waals surface area contributed by atoms with Crippen molar-refractivity contribution in [1.82, 2.24) is 16.2 Å². The first-order chi connectivity index (χ1) is 15.3. The zero-order chi connectivity index (χ0) is 24.6. The number of ether oxygens (including phenoxy) is 1. The number of rotatable bonds is 6. The second-order valence-corrected chi connectivity index (χ2v) is 8.21. The molecule has 3 N–H and O–H groups in total. The molecule has 0 bridgehead atoms. The summed E-state index contributed by atoms with van der Waals surface area (Å²) in [5, 5.41) is 2.43. The summed E-state index contributed by atoms with van der Waals surface area (Å²) in [5.41, 5.74) is 4.60. The van der Waals surface area contributed by atoms with E-state index in [-0.39, 0.29) is 24.9 Å². The second-order valence-electron chi connectivity index (χ2n) is 8.21. The highest BCUT2D eigenvalue weighted by molar-refractivity contribution is 5.96. The Morgan fingerprint density at radius 2 is 1.55 bits per heavy atom. The fraction of sp³-hybridized carbons (Fsp3) is 0.348. The van der Waals surface area contributed by atoms with Gasteiger partial charge in [0.1, 0.15) is 5.60 Å². The molecule has 0 heterocycles. The normalized spacial score (nSPS) is 11.5. The van der Waals surface area contributed by atoms with Crippen molar-refractivity contribution >= 4 is 17.9 Å². The van der Waals surface area contributed by atoms with Gasteiger partial charge >= 0.3 is 12.3 Å². The van der Waals surface area contributed by atoms with Crippen molar-refractivity contribution in [3.8, 4) is 0 Å². The van der Waals surface area contributed by atoms with E-state index in [1.165, 1.54) is 12.1 Å². The molecule has 0 atom stereocenters. The molecule has 0 saturated heterocycles. The molecule has 2 aromatic carbocycles. The van der Waals surface area contributed by atoms with E-state index in [1.54, 1.807) is 45.0 Å². The molecule has 3 amide bonds. The van der Waals surface area contributed by atoms with Gasteiger partial charge in [0.15, 0.2) is 0 Å². The van der Waals surface area contributed by atoms with Gasteiger partial charge in [-0.2, -0.15) is 13.2 Å². The van der Waals surface area contributed by atoms with Gasteiger partial charge < -0.3 is 10.1 Å². The van der Waals surface area contributed by atoms with Crippen LogP contribution in [0, 0.1) is 0 Å². The lowest BCUT2D eigenvalue weighted by molar-refractivity contribution is -0.137. The lowest BCUT2D eigenvalue weighted by Crippen LogP contribution is -2.43. The summed E-state index contributed by atoms with van der Waals surface area (Å²) in [4.78, 5) is 36.0. The van der Waals surface area contributed by atoms with E-state index in [1.807, 2.05) is 0 Å². The summed E-state index contributed by atoms with van der Waals surface area (Å²) in [6.07, 6.45) is -4.93. The van der Waals surface area contributed by atoms with Crippen molar-refractivity contribution in [3.63, 3.8) is 0 Å². The minimum Gasteiger partial charge on any atom is -0.444 e. The van der Waals surface area contributed by atoms with E-state index in [4.69, 9.17) is 4.74 Å². The summed E-state index contributed by atoms with van der Waals surface area (Å²) in [6, 6.07) is 11.3. The Balaban J connectivity index is 1.89. The van der Waals surface area contributed by atoms with Gasteiger partial charge in [0.05, 0.1) is 5.56 Å². The zero-order valence-corrected chi connectivity index (χ0v) is 18.5. The maximum Gasteiger partial charge on any atom is 0.416 e. The number of carbonyl (C=O) groups excluding carboxylic acids is 3. The molecule has 0 aliphatic rings. The molecule has 0 spiro atoms. The highest BCUT2D eigenvalue weighted by atomic mass is 19.4. The minimum absolute atomic E-state index is 0.0150. The molecule has 0 fully saturated rings. The largest absolute Gasteiger partial charge is 0.444 e. The van der Waals surface area contributed by atoms with Crippen LogP contribution in [0.2, 0.25) is 0 Å². The van der Waals surface area contributed by atoms with Crippen LogP contribution in [0.3, 0.4) is 0 Å². The average Bonchev–Trinajstić information content (AvgIpc) is 2.71. The smallest absolute Gasteiger partial charge is 0.416 e. The number of hydrogen-bond donors (Lipinski definition) is 3. The Morgan fingerprint density at radius 1 is 0.909 bits per heavy atom. The molecule has 2 rings (SSSR count). The van der Waals surface area contributed by atoms with Crippen LogP contribution in [0.1, 0.15) is 54.2 Å². The maximum atomic E-state index is 12.7. The van der Waals surface area contributed by atoms with Gasteiger partial charge in [-0.3, -0.25) is 20.4 Å². The molecule has 0 unspecified atom stereocenters. The Kier molecular flexibility index (Phi) is 8.44. The number of amides is 3. The highest BCUT2D eigenvalue weighted by Crippen LogP contribution is 2.29. The Morgan fingerprint density at radius 3 is 2.15 bits per heavy atom. The quantitative estimate of drug-likeness (QED) is 0.563. The fourth-order valence-corrected chi connectivity index (χ4v) is 2.78. The van der Waals surface area contributed by atoms with Crippen molar-refractivity contribution in [1.29, 1.82) is 0 Å². The molecule has 7 nitrogen and oxygen atoms in total. The van der Waals surface area contributed by atoms with E-state index >= 15 is 0 Å². The first kappa shape index (κ1) is 25.7. The van der Waals surface area contributed by atoms with Crippen LogP contribution >= 0.6 is 0 Å². The zero-order valence-electron chi connectivity index (χ0n) is 18.5. The number of benzene rings is 2. The van der Waals surface area contributed by atoms with Crippen molar-refractivity contribution in [3.05, 3.63) is 70.8 Å².